The highest BCUT2D eigenvalue weighted by Gasteiger charge is 2.10. The minimum Gasteiger partial charge on any atom is -0.350 e. The molecule has 110 valence electrons. The van der Waals surface area contributed by atoms with Crippen molar-refractivity contribution >= 4 is 35.4 Å². The van der Waals surface area contributed by atoms with Crippen molar-refractivity contribution in [3.05, 3.63) is 51.3 Å². The molecule has 0 atom stereocenters. The topological polar surface area (TPSA) is 72.4 Å². The van der Waals surface area contributed by atoms with Crippen molar-refractivity contribution in [2.24, 2.45) is 10.8 Å². The first-order valence-electron chi connectivity index (χ1n) is 6.12. The average molecular weight is 325 g/mol. The maximum atomic E-state index is 10.6. The molecule has 0 radical (unpaired) electrons. The van der Waals surface area contributed by atoms with Crippen LogP contribution in [0.1, 0.15) is 17.0 Å². The van der Waals surface area contributed by atoms with Crippen LogP contribution in [-0.2, 0) is 0 Å². The number of halogens is 2. The smallest absolute Gasteiger partial charge is 0.332 e. The van der Waals surface area contributed by atoms with E-state index in [0.29, 0.717) is 10.0 Å². The number of nitrogens with zero attached hydrogens (tertiary/aromatic N) is 2. The van der Waals surface area contributed by atoms with Gasteiger partial charge in [-0.1, -0.05) is 23.2 Å². The summed E-state index contributed by atoms with van der Waals surface area (Å²) in [6, 6.07) is 6.57. The zero-order valence-corrected chi connectivity index (χ0v) is 13.0. The minimum atomic E-state index is -0.707. The highest BCUT2D eigenvalue weighted by molar-refractivity contribution is 6.34. The van der Waals surface area contributed by atoms with Crippen LogP contribution in [0.2, 0.25) is 10.0 Å². The number of hydrogen-bond donors (Lipinski definition) is 2. The number of nitrogens with two attached hydrogens (primary N) is 1. The zero-order valence-electron chi connectivity index (χ0n) is 11.5. The van der Waals surface area contributed by atoms with Gasteiger partial charge in [0.15, 0.2) is 0 Å². The van der Waals surface area contributed by atoms with E-state index in [4.69, 9.17) is 28.9 Å². The molecule has 1 aromatic heterocycles. The molecule has 2 aromatic rings. The fourth-order valence-corrected chi connectivity index (χ4v) is 2.66. The van der Waals surface area contributed by atoms with Gasteiger partial charge in [-0.2, -0.15) is 5.10 Å². The molecule has 0 fully saturated rings. The molecule has 2 amide bonds. The minimum absolute atomic E-state index is 0.565. The van der Waals surface area contributed by atoms with Crippen LogP contribution >= 0.6 is 23.2 Å². The molecular formula is C14H14Cl2N4O. The van der Waals surface area contributed by atoms with Crippen LogP contribution in [0.25, 0.3) is 5.69 Å². The SMILES string of the molecule is Cc1cc(/C=N\NC(N)=O)c(C)n1-c1cc(Cl)cc(Cl)c1. The number of urea groups is 1. The van der Waals surface area contributed by atoms with Gasteiger partial charge in [-0.25, -0.2) is 10.2 Å². The fourth-order valence-electron chi connectivity index (χ4n) is 2.15. The van der Waals surface area contributed by atoms with Crippen molar-refractivity contribution in [3.8, 4) is 5.69 Å². The van der Waals surface area contributed by atoms with Gasteiger partial charge in [0.05, 0.1) is 6.21 Å². The Kier molecular flexibility index (Phi) is 4.55. The number of hydrazone groups is 1. The highest BCUT2D eigenvalue weighted by Crippen LogP contribution is 2.25. The van der Waals surface area contributed by atoms with Crippen LogP contribution in [0, 0.1) is 13.8 Å². The van der Waals surface area contributed by atoms with Crippen LogP contribution in [0.3, 0.4) is 0 Å². The van der Waals surface area contributed by atoms with E-state index in [1.54, 1.807) is 6.07 Å². The van der Waals surface area contributed by atoms with Gasteiger partial charge in [0, 0.05) is 32.7 Å². The molecule has 0 saturated heterocycles. The van der Waals surface area contributed by atoms with E-state index in [0.717, 1.165) is 22.6 Å². The van der Waals surface area contributed by atoms with Crippen molar-refractivity contribution in [1.82, 2.24) is 9.99 Å². The van der Waals surface area contributed by atoms with E-state index < -0.39 is 6.03 Å². The zero-order chi connectivity index (χ0) is 15.6. The summed E-state index contributed by atoms with van der Waals surface area (Å²) in [6.07, 6.45) is 1.54. The van der Waals surface area contributed by atoms with Crippen LogP contribution in [0.15, 0.2) is 29.4 Å². The summed E-state index contributed by atoms with van der Waals surface area (Å²) in [6.45, 7) is 3.90. The monoisotopic (exact) mass is 324 g/mol. The predicted molar refractivity (Wildman–Crippen MR) is 85.6 cm³/mol. The van der Waals surface area contributed by atoms with E-state index >= 15 is 0 Å². The van der Waals surface area contributed by atoms with Crippen molar-refractivity contribution in [1.29, 1.82) is 0 Å². The van der Waals surface area contributed by atoms with E-state index in [1.807, 2.05) is 36.6 Å². The third-order valence-corrected chi connectivity index (χ3v) is 3.39. The second-order valence-corrected chi connectivity index (χ2v) is 5.40. The summed E-state index contributed by atoms with van der Waals surface area (Å²) >= 11 is 12.1. The second-order valence-electron chi connectivity index (χ2n) is 4.52. The van der Waals surface area contributed by atoms with Gasteiger partial charge < -0.3 is 10.3 Å². The number of aryl methyl sites for hydroxylation is 1. The van der Waals surface area contributed by atoms with E-state index in [2.05, 4.69) is 10.5 Å². The molecule has 7 heteroatoms. The average Bonchev–Trinajstić information content (AvgIpc) is 2.62. The molecule has 0 unspecified atom stereocenters. The highest BCUT2D eigenvalue weighted by atomic mass is 35.5. The second kappa shape index (κ2) is 6.20. The summed E-state index contributed by atoms with van der Waals surface area (Å²) in [5.41, 5.74) is 10.8. The van der Waals surface area contributed by atoms with Gasteiger partial charge in [0.2, 0.25) is 0 Å². The van der Waals surface area contributed by atoms with Crippen LogP contribution in [0.5, 0.6) is 0 Å². The summed E-state index contributed by atoms with van der Waals surface area (Å²) in [7, 11) is 0. The normalized spacial score (nSPS) is 11.0. The Morgan fingerprint density at radius 2 is 1.86 bits per heavy atom. The number of hydrogen-bond acceptors (Lipinski definition) is 2. The molecule has 21 heavy (non-hydrogen) atoms. The summed E-state index contributed by atoms with van der Waals surface area (Å²) in [4.78, 5) is 10.6. The molecule has 0 aliphatic carbocycles. The molecule has 0 aliphatic heterocycles. The molecule has 0 bridgehead atoms. The number of carbonyl (C=O) groups excluding carboxylic acids is 1. The van der Waals surface area contributed by atoms with Crippen LogP contribution in [-0.4, -0.2) is 16.8 Å². The maximum Gasteiger partial charge on any atom is 0.332 e. The Morgan fingerprint density at radius 3 is 2.43 bits per heavy atom. The third-order valence-electron chi connectivity index (χ3n) is 2.95. The van der Waals surface area contributed by atoms with E-state index in [1.165, 1.54) is 6.21 Å². The Bertz CT molecular complexity index is 702. The Balaban J connectivity index is 2.43. The molecule has 5 nitrogen and oxygen atoms in total. The number of amides is 2. The van der Waals surface area contributed by atoms with Crippen LogP contribution < -0.4 is 11.2 Å². The van der Waals surface area contributed by atoms with Gasteiger partial charge in [-0.3, -0.25) is 0 Å². The fraction of sp³-hybridized carbons (Fsp3) is 0.143. The third kappa shape index (κ3) is 3.56. The van der Waals surface area contributed by atoms with Crippen LogP contribution in [0.4, 0.5) is 4.79 Å². The van der Waals surface area contributed by atoms with Crippen molar-refractivity contribution in [2.45, 2.75) is 13.8 Å². The molecule has 1 aromatic carbocycles. The number of benzene rings is 1. The van der Waals surface area contributed by atoms with Crippen molar-refractivity contribution in [2.75, 3.05) is 0 Å². The summed E-state index contributed by atoms with van der Waals surface area (Å²) in [5.74, 6) is 0. The van der Waals surface area contributed by atoms with Gasteiger partial charge in [0.1, 0.15) is 0 Å². The molecule has 0 spiro atoms. The van der Waals surface area contributed by atoms with E-state index in [9.17, 15) is 4.79 Å². The van der Waals surface area contributed by atoms with E-state index in [-0.39, 0.29) is 0 Å². The lowest BCUT2D eigenvalue weighted by molar-refractivity contribution is 0.249. The lowest BCUT2D eigenvalue weighted by atomic mass is 10.2. The molecule has 3 N–H and O–H groups in total. The summed E-state index contributed by atoms with van der Waals surface area (Å²) < 4.78 is 2.00. The van der Waals surface area contributed by atoms with Gasteiger partial charge in [-0.05, 0) is 38.1 Å². The first kappa shape index (κ1) is 15.4. The lowest BCUT2D eigenvalue weighted by Gasteiger charge is -2.10. The molecule has 0 saturated carbocycles. The molecule has 0 aliphatic rings. The molecule has 1 heterocycles. The van der Waals surface area contributed by atoms with Crippen molar-refractivity contribution < 1.29 is 4.79 Å². The number of carbonyl (C=O) groups is 1. The van der Waals surface area contributed by atoms with Gasteiger partial charge in [0.25, 0.3) is 0 Å². The first-order valence-corrected chi connectivity index (χ1v) is 6.88. The van der Waals surface area contributed by atoms with Gasteiger partial charge in [-0.15, -0.1) is 0 Å². The Morgan fingerprint density at radius 1 is 1.24 bits per heavy atom. The van der Waals surface area contributed by atoms with Crippen molar-refractivity contribution in [3.63, 3.8) is 0 Å². The predicted octanol–water partition coefficient (Wildman–Crippen LogP) is 3.40. The van der Waals surface area contributed by atoms with Gasteiger partial charge >= 0.3 is 6.03 Å². The number of rotatable bonds is 3. The quantitative estimate of drug-likeness (QED) is 0.659. The number of primary amides is 1. The number of aromatic nitrogens is 1. The lowest BCUT2D eigenvalue weighted by Crippen LogP contribution is -2.24. The summed E-state index contributed by atoms with van der Waals surface area (Å²) in [5, 5.41) is 4.90. The standard InChI is InChI=1S/C14H14Cl2N4O/c1-8-3-10(7-18-19-14(17)21)9(2)20(8)13-5-11(15)4-12(16)6-13/h3-7H,1-2H3,(H3,17,19,21)/b18-7-. The first-order chi connectivity index (χ1) is 9.88. The number of nitrogens with one attached hydrogen (secondary N) is 1. The Hall–Kier alpha value is -1.98. The molecule has 2 rings (SSSR count). The Labute approximate surface area is 132 Å². The molecular weight excluding hydrogens is 311 g/mol. The maximum absolute atomic E-state index is 10.6. The largest absolute Gasteiger partial charge is 0.350 e.